The summed E-state index contributed by atoms with van der Waals surface area (Å²) in [6.07, 6.45) is 1.04. The zero-order valence-corrected chi connectivity index (χ0v) is 16.4. The van der Waals surface area contributed by atoms with Gasteiger partial charge in [0.15, 0.2) is 0 Å². The molecule has 2 aliphatic rings. The Morgan fingerprint density at radius 2 is 1.52 bits per heavy atom. The summed E-state index contributed by atoms with van der Waals surface area (Å²) in [6.45, 7) is 14.4. The van der Waals surface area contributed by atoms with Crippen LogP contribution in [0.5, 0.6) is 0 Å². The van der Waals surface area contributed by atoms with Gasteiger partial charge >= 0.3 is 7.60 Å². The number of hydrogen-bond acceptors (Lipinski definition) is 5. The van der Waals surface area contributed by atoms with Gasteiger partial charge in [-0.25, -0.2) is 0 Å². The lowest BCUT2D eigenvalue weighted by Gasteiger charge is -2.25. The highest BCUT2D eigenvalue weighted by Gasteiger charge is 2.43. The van der Waals surface area contributed by atoms with Crippen LogP contribution in [0.4, 0.5) is 0 Å². The molecule has 9 atom stereocenters. The number of ether oxygens (including phenoxy) is 2. The van der Waals surface area contributed by atoms with Crippen molar-refractivity contribution in [2.45, 2.75) is 78.5 Å². The molecule has 2 fully saturated rings. The van der Waals surface area contributed by atoms with Crippen molar-refractivity contribution in [1.82, 2.24) is 0 Å². The fourth-order valence-corrected chi connectivity index (χ4v) is 4.99. The molecule has 0 spiro atoms. The molecule has 0 saturated carbocycles. The minimum atomic E-state index is -3.13. The van der Waals surface area contributed by atoms with Crippen molar-refractivity contribution in [3.05, 3.63) is 0 Å². The Morgan fingerprint density at radius 1 is 0.913 bits per heavy atom. The van der Waals surface area contributed by atoms with Crippen LogP contribution >= 0.6 is 7.60 Å². The Morgan fingerprint density at radius 3 is 2.00 bits per heavy atom. The van der Waals surface area contributed by atoms with E-state index in [1.54, 1.807) is 6.66 Å². The normalized spacial score (nSPS) is 46.9. The van der Waals surface area contributed by atoms with Gasteiger partial charge in [-0.15, -0.1) is 0 Å². The van der Waals surface area contributed by atoms with Crippen molar-refractivity contribution < 1.29 is 23.1 Å². The van der Waals surface area contributed by atoms with Crippen LogP contribution in [0.2, 0.25) is 0 Å². The molecule has 0 amide bonds. The second-order valence-electron chi connectivity index (χ2n) is 7.38. The minimum Gasteiger partial charge on any atom is -0.372 e. The van der Waals surface area contributed by atoms with Gasteiger partial charge in [0.05, 0.1) is 37.1 Å². The summed E-state index contributed by atoms with van der Waals surface area (Å²) in [5.74, 6) is 1.09. The van der Waals surface area contributed by atoms with Gasteiger partial charge in [-0.2, -0.15) is 0 Å². The fourth-order valence-electron chi connectivity index (χ4n) is 3.71. The van der Waals surface area contributed by atoms with Crippen molar-refractivity contribution in [2.75, 3.05) is 13.3 Å². The van der Waals surface area contributed by atoms with Gasteiger partial charge in [0, 0.05) is 12.6 Å². The van der Waals surface area contributed by atoms with Gasteiger partial charge in [0.1, 0.15) is 0 Å². The van der Waals surface area contributed by atoms with Crippen molar-refractivity contribution in [2.24, 2.45) is 17.8 Å². The molecule has 5 nitrogen and oxygen atoms in total. The van der Waals surface area contributed by atoms with Crippen LogP contribution in [-0.2, 0) is 23.1 Å². The Labute approximate surface area is 140 Å². The molecule has 6 heteroatoms. The first-order valence-corrected chi connectivity index (χ1v) is 10.9. The molecule has 0 N–H and O–H groups in total. The summed E-state index contributed by atoms with van der Waals surface area (Å²) in [7, 11) is -3.13. The first-order valence-electron chi connectivity index (χ1n) is 8.87. The predicted molar refractivity (Wildman–Crippen MR) is 90.8 cm³/mol. The molecule has 0 aromatic heterocycles. The molecule has 0 bridgehead atoms. The summed E-state index contributed by atoms with van der Waals surface area (Å²) in [6, 6.07) is 0. The third-order valence-electron chi connectivity index (χ3n) is 5.69. The maximum Gasteiger partial charge on any atom is 0.328 e. The lowest BCUT2D eigenvalue weighted by atomic mass is 9.91. The van der Waals surface area contributed by atoms with Gasteiger partial charge in [0.25, 0.3) is 0 Å². The molecule has 23 heavy (non-hydrogen) atoms. The van der Waals surface area contributed by atoms with E-state index < -0.39 is 7.60 Å². The molecular weight excluding hydrogens is 315 g/mol. The highest BCUT2D eigenvalue weighted by molar-refractivity contribution is 7.53. The van der Waals surface area contributed by atoms with E-state index in [2.05, 4.69) is 34.6 Å². The van der Waals surface area contributed by atoms with Crippen LogP contribution in [0.15, 0.2) is 0 Å². The third-order valence-corrected chi connectivity index (χ3v) is 6.94. The van der Waals surface area contributed by atoms with Crippen LogP contribution in [0, 0.1) is 17.8 Å². The zero-order valence-electron chi connectivity index (χ0n) is 15.5. The molecule has 0 aliphatic carbocycles. The van der Waals surface area contributed by atoms with Gasteiger partial charge < -0.3 is 18.5 Å². The van der Waals surface area contributed by atoms with Gasteiger partial charge in [0.2, 0.25) is 0 Å². The van der Waals surface area contributed by atoms with Crippen LogP contribution in [0.1, 0.15) is 48.0 Å². The SMILES string of the molecule is CC[C@H]1O[C@@H](C)C(OP(C)(=O)OC[C@H]2O[C@@H](C)C(C)C2C)C1C. The first-order chi connectivity index (χ1) is 10.7. The van der Waals surface area contributed by atoms with E-state index in [0.717, 1.165) is 6.42 Å². The Hall–Kier alpha value is 0.0700. The Bertz CT molecular complexity index is 443. The highest BCUT2D eigenvalue weighted by atomic mass is 31.2. The van der Waals surface area contributed by atoms with Gasteiger partial charge in [-0.1, -0.05) is 27.7 Å². The molecule has 5 unspecified atom stereocenters. The first kappa shape index (κ1) is 19.4. The monoisotopic (exact) mass is 348 g/mol. The zero-order chi connectivity index (χ0) is 17.4. The van der Waals surface area contributed by atoms with E-state index in [4.69, 9.17) is 18.5 Å². The second-order valence-corrected chi connectivity index (χ2v) is 9.39. The van der Waals surface area contributed by atoms with Crippen molar-refractivity contribution in [3.63, 3.8) is 0 Å². The lowest BCUT2D eigenvalue weighted by Crippen LogP contribution is -2.28. The fraction of sp³-hybridized carbons (Fsp3) is 1.00. The summed E-state index contributed by atoms with van der Waals surface area (Å²) < 4.78 is 36.0. The Balaban J connectivity index is 1.89. The largest absolute Gasteiger partial charge is 0.372 e. The molecule has 0 aromatic rings. The number of rotatable bonds is 6. The quantitative estimate of drug-likeness (QED) is 0.676. The second kappa shape index (κ2) is 7.53. The predicted octanol–water partition coefficient (Wildman–Crippen LogP) is 4.10. The molecular formula is C17H33O5P. The molecule has 2 heterocycles. The van der Waals surface area contributed by atoms with E-state index in [0.29, 0.717) is 18.4 Å². The lowest BCUT2D eigenvalue weighted by molar-refractivity contribution is 0.000566. The van der Waals surface area contributed by atoms with E-state index in [1.807, 2.05) is 6.92 Å². The van der Waals surface area contributed by atoms with Crippen molar-refractivity contribution >= 4 is 7.60 Å². The van der Waals surface area contributed by atoms with Crippen LogP contribution in [0.25, 0.3) is 0 Å². The Kier molecular flexibility index (Phi) is 6.35. The van der Waals surface area contributed by atoms with Gasteiger partial charge in [-0.05, 0) is 32.1 Å². The van der Waals surface area contributed by atoms with E-state index in [-0.39, 0.29) is 36.4 Å². The van der Waals surface area contributed by atoms with Crippen LogP contribution in [-0.4, -0.2) is 43.8 Å². The molecule has 2 saturated heterocycles. The molecule has 0 radical (unpaired) electrons. The van der Waals surface area contributed by atoms with E-state index >= 15 is 0 Å². The average molecular weight is 348 g/mol. The summed E-state index contributed by atoms with van der Waals surface area (Å²) >= 11 is 0. The maximum absolute atomic E-state index is 12.7. The summed E-state index contributed by atoms with van der Waals surface area (Å²) in [4.78, 5) is 0. The third kappa shape index (κ3) is 4.38. The maximum atomic E-state index is 12.7. The van der Waals surface area contributed by atoms with Crippen molar-refractivity contribution in [1.29, 1.82) is 0 Å². The molecule has 2 aliphatic heterocycles. The highest BCUT2D eigenvalue weighted by Crippen LogP contribution is 2.50. The standard InChI is InChI=1S/C17H33O5P/c1-8-15-12(4)17(14(6)21-15)22-23(7,18)19-9-16-11(3)10(2)13(5)20-16/h10-17H,8-9H2,1-7H3/t10?,11?,12?,13-,14-,15+,16+,17?,23?/m0/s1. The smallest absolute Gasteiger partial charge is 0.328 e. The van der Waals surface area contributed by atoms with Gasteiger partial charge in [-0.3, -0.25) is 4.57 Å². The van der Waals surface area contributed by atoms with Crippen LogP contribution < -0.4 is 0 Å². The van der Waals surface area contributed by atoms with E-state index in [1.165, 1.54) is 0 Å². The molecule has 0 aromatic carbocycles. The molecule has 136 valence electrons. The number of hydrogen-bond donors (Lipinski definition) is 0. The summed E-state index contributed by atoms with van der Waals surface area (Å²) in [5.41, 5.74) is 0. The summed E-state index contributed by atoms with van der Waals surface area (Å²) in [5, 5.41) is 0. The van der Waals surface area contributed by atoms with E-state index in [9.17, 15) is 4.57 Å². The molecule has 2 rings (SSSR count). The topological polar surface area (TPSA) is 54.0 Å². The van der Waals surface area contributed by atoms with Crippen LogP contribution in [0.3, 0.4) is 0 Å². The average Bonchev–Trinajstić information content (AvgIpc) is 2.89. The minimum absolute atomic E-state index is 0.0186. The van der Waals surface area contributed by atoms with Crippen molar-refractivity contribution in [3.8, 4) is 0 Å².